The van der Waals surface area contributed by atoms with E-state index in [0.717, 1.165) is 5.56 Å². The molecular formula is C12H14FN5S. The number of nitrogens with one attached hydrogen (secondary N) is 1. The molecule has 1 fully saturated rings. The van der Waals surface area contributed by atoms with Crippen LogP contribution in [0.4, 0.5) is 4.39 Å². The maximum Gasteiger partial charge on any atom is 0.213 e. The number of hydrogen-bond donors (Lipinski definition) is 1. The first kappa shape index (κ1) is 12.6. The summed E-state index contributed by atoms with van der Waals surface area (Å²) in [5.74, 6) is -0.233. The Kier molecular flexibility index (Phi) is 3.48. The molecule has 1 heterocycles. The number of rotatable bonds is 5. The van der Waals surface area contributed by atoms with Gasteiger partial charge >= 0.3 is 0 Å². The predicted molar refractivity (Wildman–Crippen MR) is 69.2 cm³/mol. The van der Waals surface area contributed by atoms with E-state index in [1.54, 1.807) is 13.1 Å². The third-order valence-electron chi connectivity index (χ3n) is 2.98. The second-order valence-corrected chi connectivity index (χ2v) is 5.55. The predicted octanol–water partition coefficient (Wildman–Crippen LogP) is 1.75. The van der Waals surface area contributed by atoms with Gasteiger partial charge in [0.15, 0.2) is 0 Å². The summed E-state index contributed by atoms with van der Waals surface area (Å²) < 4.78 is 15.5. The molecule has 0 aliphatic heterocycles. The summed E-state index contributed by atoms with van der Waals surface area (Å²) in [7, 11) is 1.74. The molecule has 19 heavy (non-hydrogen) atoms. The molecule has 0 radical (unpaired) electrons. The molecule has 1 saturated carbocycles. The second-order valence-electron chi connectivity index (χ2n) is 4.57. The lowest BCUT2D eigenvalue weighted by atomic mass is 10.2. The van der Waals surface area contributed by atoms with Gasteiger partial charge in [-0.15, -0.1) is 5.10 Å². The van der Waals surface area contributed by atoms with Gasteiger partial charge in [0.25, 0.3) is 0 Å². The molecule has 100 valence electrons. The van der Waals surface area contributed by atoms with E-state index in [2.05, 4.69) is 20.8 Å². The molecule has 1 aliphatic rings. The van der Waals surface area contributed by atoms with Crippen LogP contribution < -0.4 is 5.32 Å². The van der Waals surface area contributed by atoms with Crippen molar-refractivity contribution in [3.8, 4) is 0 Å². The third kappa shape index (κ3) is 2.93. The van der Waals surface area contributed by atoms with Crippen molar-refractivity contribution in [2.75, 3.05) is 0 Å². The zero-order valence-corrected chi connectivity index (χ0v) is 11.3. The molecule has 1 aliphatic carbocycles. The van der Waals surface area contributed by atoms with Crippen LogP contribution in [0.3, 0.4) is 0 Å². The van der Waals surface area contributed by atoms with Crippen LogP contribution in [0.1, 0.15) is 18.4 Å². The van der Waals surface area contributed by atoms with Crippen LogP contribution in [-0.2, 0) is 13.6 Å². The number of halogens is 1. The molecule has 0 spiro atoms. The molecule has 0 saturated heterocycles. The van der Waals surface area contributed by atoms with E-state index in [9.17, 15) is 4.39 Å². The summed E-state index contributed by atoms with van der Waals surface area (Å²) in [6.45, 7) is 0.677. The molecule has 7 heteroatoms. The highest BCUT2D eigenvalue weighted by atomic mass is 32.2. The van der Waals surface area contributed by atoms with Gasteiger partial charge in [-0.1, -0.05) is 12.1 Å². The zero-order valence-electron chi connectivity index (χ0n) is 10.5. The SMILES string of the molecule is Cn1nnnc1Sc1c(F)cccc1CNC1CC1. The van der Waals surface area contributed by atoms with Gasteiger partial charge < -0.3 is 5.32 Å². The monoisotopic (exact) mass is 279 g/mol. The molecule has 0 bridgehead atoms. The molecule has 3 rings (SSSR count). The first-order valence-electron chi connectivity index (χ1n) is 6.15. The lowest BCUT2D eigenvalue weighted by molar-refractivity contribution is 0.587. The van der Waals surface area contributed by atoms with Gasteiger partial charge in [-0.3, -0.25) is 0 Å². The maximum absolute atomic E-state index is 14.0. The van der Waals surface area contributed by atoms with E-state index in [1.165, 1.54) is 35.4 Å². The second kappa shape index (κ2) is 5.26. The van der Waals surface area contributed by atoms with Gasteiger partial charge in [0.2, 0.25) is 5.16 Å². The van der Waals surface area contributed by atoms with Gasteiger partial charge in [0.05, 0.1) is 4.90 Å². The molecule has 1 aromatic heterocycles. The Morgan fingerprint density at radius 2 is 2.32 bits per heavy atom. The smallest absolute Gasteiger partial charge is 0.213 e. The van der Waals surface area contributed by atoms with Gasteiger partial charge in [0, 0.05) is 19.6 Å². The molecule has 1 N–H and O–H groups in total. The molecule has 5 nitrogen and oxygen atoms in total. The van der Waals surface area contributed by atoms with Gasteiger partial charge in [-0.2, -0.15) is 0 Å². The van der Waals surface area contributed by atoms with Crippen molar-refractivity contribution in [1.82, 2.24) is 25.5 Å². The van der Waals surface area contributed by atoms with Crippen molar-refractivity contribution >= 4 is 11.8 Å². The van der Waals surface area contributed by atoms with Crippen LogP contribution >= 0.6 is 11.8 Å². The topological polar surface area (TPSA) is 55.6 Å². The fraction of sp³-hybridized carbons (Fsp3) is 0.417. The van der Waals surface area contributed by atoms with Crippen molar-refractivity contribution in [3.05, 3.63) is 29.6 Å². The summed E-state index contributed by atoms with van der Waals surface area (Å²) in [6, 6.07) is 5.73. The lowest BCUT2D eigenvalue weighted by Gasteiger charge is -2.10. The van der Waals surface area contributed by atoms with Crippen LogP contribution in [0.25, 0.3) is 0 Å². The summed E-state index contributed by atoms with van der Waals surface area (Å²) in [5.41, 5.74) is 0.944. The van der Waals surface area contributed by atoms with Crippen molar-refractivity contribution < 1.29 is 4.39 Å². The highest BCUT2D eigenvalue weighted by Gasteiger charge is 2.21. The quantitative estimate of drug-likeness (QED) is 0.903. The molecular weight excluding hydrogens is 265 g/mol. The fourth-order valence-electron chi connectivity index (χ4n) is 1.75. The van der Waals surface area contributed by atoms with Crippen LogP contribution in [0.5, 0.6) is 0 Å². The minimum atomic E-state index is -0.233. The Morgan fingerprint density at radius 1 is 1.47 bits per heavy atom. The largest absolute Gasteiger partial charge is 0.310 e. The van der Waals surface area contributed by atoms with Crippen molar-refractivity contribution in [3.63, 3.8) is 0 Å². The molecule has 0 amide bonds. The van der Waals surface area contributed by atoms with E-state index in [4.69, 9.17) is 0 Å². The first-order chi connectivity index (χ1) is 9.24. The van der Waals surface area contributed by atoms with Gasteiger partial charge in [0.1, 0.15) is 5.82 Å². The van der Waals surface area contributed by atoms with Gasteiger partial charge in [-0.05, 0) is 46.7 Å². The number of aryl methyl sites for hydroxylation is 1. The lowest BCUT2D eigenvalue weighted by Crippen LogP contribution is -2.16. The van der Waals surface area contributed by atoms with Crippen molar-refractivity contribution in [2.45, 2.75) is 35.5 Å². The Balaban J connectivity index is 1.83. The molecule has 1 aromatic carbocycles. The van der Waals surface area contributed by atoms with Crippen LogP contribution in [0.2, 0.25) is 0 Å². The summed E-state index contributed by atoms with van der Waals surface area (Å²) in [5, 5.41) is 15.2. The minimum Gasteiger partial charge on any atom is -0.310 e. The molecule has 0 atom stereocenters. The highest BCUT2D eigenvalue weighted by Crippen LogP contribution is 2.31. The number of nitrogens with zero attached hydrogens (tertiary/aromatic N) is 4. The Morgan fingerprint density at radius 3 is 3.00 bits per heavy atom. The minimum absolute atomic E-state index is 0.233. The van der Waals surface area contributed by atoms with E-state index in [1.807, 2.05) is 6.07 Å². The van der Waals surface area contributed by atoms with E-state index in [-0.39, 0.29) is 5.82 Å². The highest BCUT2D eigenvalue weighted by molar-refractivity contribution is 7.99. The van der Waals surface area contributed by atoms with Crippen molar-refractivity contribution in [1.29, 1.82) is 0 Å². The Labute approximate surface area is 114 Å². The third-order valence-corrected chi connectivity index (χ3v) is 4.17. The number of tetrazole rings is 1. The summed E-state index contributed by atoms with van der Waals surface area (Å²) >= 11 is 1.26. The summed E-state index contributed by atoms with van der Waals surface area (Å²) in [6.07, 6.45) is 2.43. The number of benzene rings is 1. The fourth-order valence-corrected chi connectivity index (χ4v) is 2.61. The first-order valence-corrected chi connectivity index (χ1v) is 6.96. The Hall–Kier alpha value is -1.47. The standard InChI is InChI=1S/C12H14FN5S/c1-18-12(15-16-17-18)19-11-8(3-2-4-10(11)13)7-14-9-5-6-9/h2-4,9,14H,5-7H2,1H3. The zero-order chi connectivity index (χ0) is 13.2. The number of aromatic nitrogens is 4. The van der Waals surface area contributed by atoms with E-state index < -0.39 is 0 Å². The van der Waals surface area contributed by atoms with Crippen molar-refractivity contribution in [2.24, 2.45) is 7.05 Å². The summed E-state index contributed by atoms with van der Waals surface area (Å²) in [4.78, 5) is 0.591. The van der Waals surface area contributed by atoms with Crippen LogP contribution in [-0.4, -0.2) is 26.2 Å². The number of hydrogen-bond acceptors (Lipinski definition) is 5. The molecule has 2 aromatic rings. The van der Waals surface area contributed by atoms with Gasteiger partial charge in [-0.25, -0.2) is 9.07 Å². The normalized spacial score (nSPS) is 14.8. The Bertz CT molecular complexity index is 581. The average Bonchev–Trinajstić information content (AvgIpc) is 3.14. The van der Waals surface area contributed by atoms with E-state index >= 15 is 0 Å². The van der Waals surface area contributed by atoms with Crippen LogP contribution in [0.15, 0.2) is 28.3 Å². The average molecular weight is 279 g/mol. The van der Waals surface area contributed by atoms with E-state index in [0.29, 0.717) is 22.6 Å². The van der Waals surface area contributed by atoms with Crippen LogP contribution in [0, 0.1) is 5.82 Å². The maximum atomic E-state index is 14.0. The molecule has 0 unspecified atom stereocenters.